The standard InChI is InChI=1S/C16H33NO3/c1-3-5-8-18-10-12-20-13-11-19-9-7-17-16-14-15(16)6-4-2/h15-17H,3-14H2,1-2H3. The van der Waals surface area contributed by atoms with Gasteiger partial charge in [0.2, 0.25) is 0 Å². The minimum absolute atomic E-state index is 0.666. The van der Waals surface area contributed by atoms with Gasteiger partial charge in [-0.3, -0.25) is 0 Å². The van der Waals surface area contributed by atoms with Crippen molar-refractivity contribution >= 4 is 0 Å². The lowest BCUT2D eigenvalue weighted by molar-refractivity contribution is 0.0146. The van der Waals surface area contributed by atoms with Crippen LogP contribution in [0.1, 0.15) is 46.0 Å². The molecule has 0 spiro atoms. The highest BCUT2D eigenvalue weighted by Crippen LogP contribution is 2.34. The van der Waals surface area contributed by atoms with E-state index in [0.29, 0.717) is 26.4 Å². The largest absolute Gasteiger partial charge is 0.379 e. The van der Waals surface area contributed by atoms with Gasteiger partial charge in [-0.2, -0.15) is 0 Å². The predicted octanol–water partition coefficient (Wildman–Crippen LogP) is 2.61. The highest BCUT2D eigenvalue weighted by atomic mass is 16.5. The molecule has 0 saturated heterocycles. The van der Waals surface area contributed by atoms with Crippen LogP contribution in [0.2, 0.25) is 0 Å². The van der Waals surface area contributed by atoms with Crippen molar-refractivity contribution in [3.05, 3.63) is 0 Å². The Morgan fingerprint density at radius 2 is 1.50 bits per heavy atom. The lowest BCUT2D eigenvalue weighted by Gasteiger charge is -2.07. The summed E-state index contributed by atoms with van der Waals surface area (Å²) in [7, 11) is 0. The van der Waals surface area contributed by atoms with E-state index in [1.807, 2.05) is 0 Å². The molecule has 2 atom stereocenters. The van der Waals surface area contributed by atoms with Gasteiger partial charge in [0.05, 0.1) is 33.0 Å². The SMILES string of the molecule is CCCCOCCOCCOCCNC1CC1CCC. The minimum atomic E-state index is 0.666. The smallest absolute Gasteiger partial charge is 0.0701 e. The van der Waals surface area contributed by atoms with Crippen molar-refractivity contribution in [3.63, 3.8) is 0 Å². The van der Waals surface area contributed by atoms with Crippen molar-refractivity contribution in [2.24, 2.45) is 5.92 Å². The Kier molecular flexibility index (Phi) is 11.2. The third-order valence-corrected chi connectivity index (χ3v) is 3.62. The Balaban J connectivity index is 1.67. The first-order valence-electron chi connectivity index (χ1n) is 8.35. The van der Waals surface area contributed by atoms with Crippen molar-refractivity contribution in [1.82, 2.24) is 5.32 Å². The van der Waals surface area contributed by atoms with Gasteiger partial charge in [-0.15, -0.1) is 0 Å². The highest BCUT2D eigenvalue weighted by molar-refractivity contribution is 4.92. The van der Waals surface area contributed by atoms with Crippen LogP contribution in [0.4, 0.5) is 0 Å². The Labute approximate surface area is 124 Å². The average Bonchev–Trinajstić information content (AvgIpc) is 3.19. The summed E-state index contributed by atoms with van der Waals surface area (Å²) in [5.41, 5.74) is 0. The molecule has 0 bridgehead atoms. The van der Waals surface area contributed by atoms with Crippen LogP contribution in [-0.4, -0.2) is 52.2 Å². The van der Waals surface area contributed by atoms with E-state index in [1.54, 1.807) is 0 Å². The Hall–Kier alpha value is -0.160. The number of rotatable bonds is 15. The summed E-state index contributed by atoms with van der Waals surface area (Å²) in [6.07, 6.45) is 6.35. The topological polar surface area (TPSA) is 39.7 Å². The second-order valence-electron chi connectivity index (χ2n) is 5.54. The Morgan fingerprint density at radius 1 is 0.850 bits per heavy atom. The predicted molar refractivity (Wildman–Crippen MR) is 82.2 cm³/mol. The van der Waals surface area contributed by atoms with E-state index in [-0.39, 0.29) is 0 Å². The summed E-state index contributed by atoms with van der Waals surface area (Å²) in [5, 5.41) is 3.54. The normalized spacial score (nSPS) is 21.3. The molecule has 1 saturated carbocycles. The Bertz CT molecular complexity index is 214. The zero-order valence-electron chi connectivity index (χ0n) is 13.4. The van der Waals surface area contributed by atoms with Crippen LogP contribution in [0.3, 0.4) is 0 Å². The third-order valence-electron chi connectivity index (χ3n) is 3.62. The molecule has 1 N–H and O–H groups in total. The van der Waals surface area contributed by atoms with Gasteiger partial charge in [0, 0.05) is 19.2 Å². The number of hydrogen-bond acceptors (Lipinski definition) is 4. The van der Waals surface area contributed by atoms with E-state index in [9.17, 15) is 0 Å². The van der Waals surface area contributed by atoms with E-state index < -0.39 is 0 Å². The molecule has 4 nitrogen and oxygen atoms in total. The third kappa shape index (κ3) is 9.70. The molecule has 0 heterocycles. The second kappa shape index (κ2) is 12.6. The maximum atomic E-state index is 5.52. The van der Waals surface area contributed by atoms with Crippen molar-refractivity contribution in [2.75, 3.05) is 46.2 Å². The molecule has 4 heteroatoms. The van der Waals surface area contributed by atoms with E-state index >= 15 is 0 Å². The first kappa shape index (κ1) is 17.9. The number of hydrogen-bond donors (Lipinski definition) is 1. The zero-order chi connectivity index (χ0) is 14.5. The molecule has 0 aromatic carbocycles. The lowest BCUT2D eigenvalue weighted by Crippen LogP contribution is -2.24. The molecule has 0 amide bonds. The molecule has 1 aliphatic carbocycles. The lowest BCUT2D eigenvalue weighted by atomic mass is 10.2. The molecule has 20 heavy (non-hydrogen) atoms. The van der Waals surface area contributed by atoms with Gasteiger partial charge in [0.25, 0.3) is 0 Å². The van der Waals surface area contributed by atoms with E-state index in [2.05, 4.69) is 19.2 Å². The van der Waals surface area contributed by atoms with Crippen molar-refractivity contribution < 1.29 is 14.2 Å². The number of nitrogens with one attached hydrogen (secondary N) is 1. The van der Waals surface area contributed by atoms with Gasteiger partial charge in [-0.1, -0.05) is 26.7 Å². The summed E-state index contributed by atoms with van der Waals surface area (Å²) in [6, 6.07) is 0.759. The van der Waals surface area contributed by atoms with Crippen LogP contribution in [0.5, 0.6) is 0 Å². The number of unbranched alkanes of at least 4 members (excludes halogenated alkanes) is 1. The maximum absolute atomic E-state index is 5.52. The molecule has 0 radical (unpaired) electrons. The minimum Gasteiger partial charge on any atom is -0.379 e. The van der Waals surface area contributed by atoms with Crippen LogP contribution >= 0.6 is 0 Å². The monoisotopic (exact) mass is 287 g/mol. The molecule has 0 aromatic heterocycles. The molecule has 2 unspecified atom stereocenters. The summed E-state index contributed by atoms with van der Waals surface area (Å²) >= 11 is 0. The van der Waals surface area contributed by atoms with Gasteiger partial charge >= 0.3 is 0 Å². The van der Waals surface area contributed by atoms with Gasteiger partial charge in [0.1, 0.15) is 0 Å². The summed E-state index contributed by atoms with van der Waals surface area (Å²) in [4.78, 5) is 0. The fraction of sp³-hybridized carbons (Fsp3) is 1.00. The molecule has 1 rings (SSSR count). The maximum Gasteiger partial charge on any atom is 0.0701 e. The zero-order valence-corrected chi connectivity index (χ0v) is 13.4. The van der Waals surface area contributed by atoms with Gasteiger partial charge in [-0.25, -0.2) is 0 Å². The molecular formula is C16H33NO3. The van der Waals surface area contributed by atoms with E-state index in [0.717, 1.165) is 38.1 Å². The Morgan fingerprint density at radius 3 is 2.15 bits per heavy atom. The average molecular weight is 287 g/mol. The molecular weight excluding hydrogens is 254 g/mol. The first-order valence-corrected chi connectivity index (χ1v) is 8.35. The molecule has 0 aromatic rings. The van der Waals surface area contributed by atoms with Crippen molar-refractivity contribution in [2.45, 2.75) is 52.0 Å². The van der Waals surface area contributed by atoms with E-state index in [1.165, 1.54) is 25.7 Å². The van der Waals surface area contributed by atoms with Crippen LogP contribution in [0, 0.1) is 5.92 Å². The van der Waals surface area contributed by atoms with Crippen molar-refractivity contribution in [1.29, 1.82) is 0 Å². The van der Waals surface area contributed by atoms with Crippen LogP contribution in [0.15, 0.2) is 0 Å². The summed E-state index contributed by atoms with van der Waals surface area (Å²) < 4.78 is 16.4. The number of ether oxygens (including phenoxy) is 3. The summed E-state index contributed by atoms with van der Waals surface area (Å²) in [6.45, 7) is 9.73. The molecule has 120 valence electrons. The first-order chi connectivity index (χ1) is 9.88. The van der Waals surface area contributed by atoms with E-state index in [4.69, 9.17) is 14.2 Å². The van der Waals surface area contributed by atoms with Gasteiger partial charge in [-0.05, 0) is 25.2 Å². The second-order valence-corrected chi connectivity index (χ2v) is 5.54. The molecule has 1 aliphatic rings. The quantitative estimate of drug-likeness (QED) is 0.470. The van der Waals surface area contributed by atoms with Crippen molar-refractivity contribution in [3.8, 4) is 0 Å². The fourth-order valence-corrected chi connectivity index (χ4v) is 2.29. The summed E-state index contributed by atoms with van der Waals surface area (Å²) in [5.74, 6) is 0.927. The van der Waals surface area contributed by atoms with Gasteiger partial charge in [0.15, 0.2) is 0 Å². The highest BCUT2D eigenvalue weighted by Gasteiger charge is 2.34. The fourth-order valence-electron chi connectivity index (χ4n) is 2.29. The molecule has 1 fully saturated rings. The molecule has 0 aliphatic heterocycles. The van der Waals surface area contributed by atoms with Crippen LogP contribution < -0.4 is 5.32 Å². The van der Waals surface area contributed by atoms with Gasteiger partial charge < -0.3 is 19.5 Å². The van der Waals surface area contributed by atoms with Crippen LogP contribution in [0.25, 0.3) is 0 Å². The van der Waals surface area contributed by atoms with Crippen LogP contribution in [-0.2, 0) is 14.2 Å².